The Morgan fingerprint density at radius 1 is 1.12 bits per heavy atom. The molecule has 1 aliphatic heterocycles. The molecule has 0 atom stereocenters. The second-order valence-corrected chi connectivity index (χ2v) is 9.59. The Morgan fingerprint density at radius 3 is 2.20 bits per heavy atom. The predicted octanol–water partition coefficient (Wildman–Crippen LogP) is 3.53. The maximum atomic E-state index is 12.7. The van der Waals surface area contributed by atoms with Crippen LogP contribution in [0.25, 0.3) is 0 Å². The number of nitrogens with zero attached hydrogens (tertiary/aromatic N) is 1. The Balaban J connectivity index is 2.31. The van der Waals surface area contributed by atoms with Crippen LogP contribution in [0.5, 0.6) is 0 Å². The lowest BCUT2D eigenvalue weighted by atomic mass is 9.93. The summed E-state index contributed by atoms with van der Waals surface area (Å²) in [5.41, 5.74) is 0.202. The first-order valence-electron chi connectivity index (χ1n) is 8.75. The van der Waals surface area contributed by atoms with Crippen molar-refractivity contribution in [2.45, 2.75) is 51.5 Å². The van der Waals surface area contributed by atoms with Gasteiger partial charge in [-0.3, -0.25) is 4.79 Å². The minimum absolute atomic E-state index is 0.0117. The van der Waals surface area contributed by atoms with Crippen molar-refractivity contribution in [3.05, 3.63) is 28.8 Å². The van der Waals surface area contributed by atoms with Crippen LogP contribution in [-0.2, 0) is 10.0 Å². The fourth-order valence-electron chi connectivity index (χ4n) is 3.25. The van der Waals surface area contributed by atoms with Gasteiger partial charge < -0.3 is 5.32 Å². The van der Waals surface area contributed by atoms with Crippen molar-refractivity contribution >= 4 is 27.5 Å². The Morgan fingerprint density at radius 2 is 1.68 bits per heavy atom. The van der Waals surface area contributed by atoms with E-state index in [1.165, 1.54) is 22.5 Å². The lowest BCUT2D eigenvalue weighted by molar-refractivity contribution is 0.0910. The van der Waals surface area contributed by atoms with E-state index in [-0.39, 0.29) is 39.3 Å². The number of amides is 1. The van der Waals surface area contributed by atoms with E-state index in [1.807, 2.05) is 27.7 Å². The lowest BCUT2D eigenvalue weighted by Crippen LogP contribution is -2.42. The molecule has 1 aromatic rings. The van der Waals surface area contributed by atoms with Crippen molar-refractivity contribution in [1.29, 1.82) is 0 Å². The number of benzene rings is 1. The molecule has 1 amide bonds. The number of sulfonamides is 1. The van der Waals surface area contributed by atoms with E-state index in [4.69, 9.17) is 11.6 Å². The molecule has 0 aromatic heterocycles. The van der Waals surface area contributed by atoms with Gasteiger partial charge in [0.2, 0.25) is 10.0 Å². The first-order chi connectivity index (χ1) is 11.6. The molecule has 140 valence electrons. The van der Waals surface area contributed by atoms with Crippen LogP contribution in [0.15, 0.2) is 23.1 Å². The van der Waals surface area contributed by atoms with E-state index >= 15 is 0 Å². The maximum Gasteiger partial charge on any atom is 0.253 e. The Hall–Kier alpha value is -1.11. The molecule has 1 aliphatic rings. The molecule has 1 saturated heterocycles. The highest BCUT2D eigenvalue weighted by atomic mass is 35.5. The molecular formula is C18H27ClN2O3S. The van der Waals surface area contributed by atoms with Crippen LogP contribution in [0.2, 0.25) is 5.02 Å². The molecule has 2 rings (SSSR count). The standard InChI is InChI=1S/C18H27ClN2O3S/c1-12(2)17(13(3)4)20-18(22)15-11-14(7-8-16(15)19)25(23,24)21-9-5-6-10-21/h7-8,11-13,17H,5-6,9-10H2,1-4H3,(H,20,22). The van der Waals surface area contributed by atoms with E-state index in [1.54, 1.807) is 0 Å². The van der Waals surface area contributed by atoms with E-state index in [2.05, 4.69) is 5.32 Å². The van der Waals surface area contributed by atoms with Gasteiger partial charge in [-0.25, -0.2) is 8.42 Å². The molecule has 5 nitrogen and oxygen atoms in total. The van der Waals surface area contributed by atoms with Crippen molar-refractivity contribution in [2.75, 3.05) is 13.1 Å². The van der Waals surface area contributed by atoms with Crippen LogP contribution in [-0.4, -0.2) is 37.8 Å². The minimum atomic E-state index is -3.58. The molecule has 0 aliphatic carbocycles. The summed E-state index contributed by atoms with van der Waals surface area (Å²) in [6.07, 6.45) is 1.73. The fourth-order valence-corrected chi connectivity index (χ4v) is 5.00. The summed E-state index contributed by atoms with van der Waals surface area (Å²) in [4.78, 5) is 12.8. The van der Waals surface area contributed by atoms with Crippen LogP contribution < -0.4 is 5.32 Å². The van der Waals surface area contributed by atoms with Gasteiger partial charge in [0.05, 0.1) is 15.5 Å². The molecular weight excluding hydrogens is 360 g/mol. The van der Waals surface area contributed by atoms with Gasteiger partial charge in [-0.2, -0.15) is 4.31 Å². The van der Waals surface area contributed by atoms with Gasteiger partial charge >= 0.3 is 0 Å². The van der Waals surface area contributed by atoms with Gasteiger partial charge in [-0.1, -0.05) is 39.3 Å². The first-order valence-corrected chi connectivity index (χ1v) is 10.6. The summed E-state index contributed by atoms with van der Waals surface area (Å²) in [7, 11) is -3.58. The number of carbonyl (C=O) groups excluding carboxylic acids is 1. The molecule has 0 saturated carbocycles. The van der Waals surface area contributed by atoms with Crippen molar-refractivity contribution in [2.24, 2.45) is 11.8 Å². The zero-order chi connectivity index (χ0) is 18.8. The number of nitrogens with one attached hydrogen (secondary N) is 1. The van der Waals surface area contributed by atoms with Crippen LogP contribution in [0, 0.1) is 11.8 Å². The first kappa shape index (κ1) is 20.2. The summed E-state index contributed by atoms with van der Waals surface area (Å²) < 4.78 is 26.9. The van der Waals surface area contributed by atoms with Crippen molar-refractivity contribution in [1.82, 2.24) is 9.62 Å². The normalized spacial score (nSPS) is 16.2. The second kappa shape index (κ2) is 8.06. The summed E-state index contributed by atoms with van der Waals surface area (Å²) in [6, 6.07) is 4.33. The molecule has 7 heteroatoms. The van der Waals surface area contributed by atoms with Crippen LogP contribution in [0.4, 0.5) is 0 Å². The number of hydrogen-bond acceptors (Lipinski definition) is 3. The van der Waals surface area contributed by atoms with Gasteiger partial charge in [0, 0.05) is 19.1 Å². The largest absolute Gasteiger partial charge is 0.349 e. The smallest absolute Gasteiger partial charge is 0.253 e. The van der Waals surface area contributed by atoms with Crippen molar-refractivity contribution in [3.63, 3.8) is 0 Å². The molecule has 1 aromatic carbocycles. The Labute approximate surface area is 155 Å². The summed E-state index contributed by atoms with van der Waals surface area (Å²) in [5, 5.41) is 3.24. The number of halogens is 1. The zero-order valence-corrected chi connectivity index (χ0v) is 16.8. The predicted molar refractivity (Wildman–Crippen MR) is 100 cm³/mol. The molecule has 0 radical (unpaired) electrons. The van der Waals surface area contributed by atoms with Gasteiger partial charge in [0.15, 0.2) is 0 Å². The summed E-state index contributed by atoms with van der Waals surface area (Å²) in [6.45, 7) is 9.22. The minimum Gasteiger partial charge on any atom is -0.349 e. The molecule has 0 unspecified atom stereocenters. The van der Waals surface area contributed by atoms with Gasteiger partial charge in [0.25, 0.3) is 5.91 Å². The second-order valence-electron chi connectivity index (χ2n) is 7.24. The van der Waals surface area contributed by atoms with Crippen LogP contribution in [0.3, 0.4) is 0 Å². The third kappa shape index (κ3) is 4.54. The third-order valence-electron chi connectivity index (χ3n) is 4.62. The summed E-state index contributed by atoms with van der Waals surface area (Å²) >= 11 is 6.17. The van der Waals surface area contributed by atoms with Crippen LogP contribution in [0.1, 0.15) is 50.9 Å². The number of rotatable bonds is 6. The molecule has 0 bridgehead atoms. The van der Waals surface area contributed by atoms with E-state index in [0.29, 0.717) is 13.1 Å². The Bertz CT molecular complexity index is 718. The molecule has 0 spiro atoms. The molecule has 1 fully saturated rings. The van der Waals surface area contributed by atoms with Gasteiger partial charge in [-0.05, 0) is 42.9 Å². The molecule has 25 heavy (non-hydrogen) atoms. The third-order valence-corrected chi connectivity index (χ3v) is 6.84. The molecule has 1 heterocycles. The zero-order valence-electron chi connectivity index (χ0n) is 15.3. The van der Waals surface area contributed by atoms with E-state index in [0.717, 1.165) is 12.8 Å². The lowest BCUT2D eigenvalue weighted by Gasteiger charge is -2.26. The highest BCUT2D eigenvalue weighted by Crippen LogP contribution is 2.26. The molecule has 1 N–H and O–H groups in total. The topological polar surface area (TPSA) is 66.5 Å². The fraction of sp³-hybridized carbons (Fsp3) is 0.611. The van der Waals surface area contributed by atoms with Crippen molar-refractivity contribution in [3.8, 4) is 0 Å². The number of carbonyl (C=O) groups is 1. The maximum absolute atomic E-state index is 12.7. The van der Waals surface area contributed by atoms with Gasteiger partial charge in [0.1, 0.15) is 0 Å². The number of hydrogen-bond donors (Lipinski definition) is 1. The SMILES string of the molecule is CC(C)C(NC(=O)c1cc(S(=O)(=O)N2CCCC2)ccc1Cl)C(C)C. The average molecular weight is 387 g/mol. The van der Waals surface area contributed by atoms with E-state index < -0.39 is 10.0 Å². The monoisotopic (exact) mass is 386 g/mol. The van der Waals surface area contributed by atoms with Crippen molar-refractivity contribution < 1.29 is 13.2 Å². The average Bonchev–Trinajstić information content (AvgIpc) is 3.07. The Kier molecular flexibility index (Phi) is 6.51. The highest BCUT2D eigenvalue weighted by molar-refractivity contribution is 7.89. The summed E-state index contributed by atoms with van der Waals surface area (Å²) in [5.74, 6) is 0.189. The van der Waals surface area contributed by atoms with Gasteiger partial charge in [-0.15, -0.1) is 0 Å². The van der Waals surface area contributed by atoms with Crippen LogP contribution >= 0.6 is 11.6 Å². The quantitative estimate of drug-likeness (QED) is 0.813. The highest BCUT2D eigenvalue weighted by Gasteiger charge is 2.29. The van der Waals surface area contributed by atoms with E-state index in [9.17, 15) is 13.2 Å².